The molecule has 1 amide bonds. The number of nitrogens with zero attached hydrogens (tertiary/aromatic N) is 3. The molecule has 0 radical (unpaired) electrons. The number of hydrogen-bond acceptors (Lipinski definition) is 3. The summed E-state index contributed by atoms with van der Waals surface area (Å²) in [7, 11) is 5.48. The number of likely N-dealkylation sites (N-methyl/N-ethyl adjacent to an activating group) is 1. The standard InChI is InChI=1S/C16H22N4O/c1-12(15-9-10-17-20(15)4)18-14-7-5-13(6-8-14)11-16(21)19(2)3/h5-10,12,18H,11H2,1-4H3. The van der Waals surface area contributed by atoms with Crippen LogP contribution in [0.1, 0.15) is 24.2 Å². The van der Waals surface area contributed by atoms with Gasteiger partial charge in [0.15, 0.2) is 0 Å². The largest absolute Gasteiger partial charge is 0.377 e. The summed E-state index contributed by atoms with van der Waals surface area (Å²) in [4.78, 5) is 13.3. The Kier molecular flexibility index (Phi) is 4.62. The number of carbonyl (C=O) groups is 1. The van der Waals surface area contributed by atoms with Crippen molar-refractivity contribution in [3.63, 3.8) is 0 Å². The van der Waals surface area contributed by atoms with E-state index in [2.05, 4.69) is 17.3 Å². The molecule has 0 bridgehead atoms. The molecule has 2 aromatic rings. The zero-order valence-corrected chi connectivity index (χ0v) is 13.0. The Hall–Kier alpha value is -2.30. The van der Waals surface area contributed by atoms with Gasteiger partial charge >= 0.3 is 0 Å². The van der Waals surface area contributed by atoms with Gasteiger partial charge in [0.2, 0.25) is 5.91 Å². The van der Waals surface area contributed by atoms with E-state index in [1.165, 1.54) is 0 Å². The molecule has 1 unspecified atom stereocenters. The summed E-state index contributed by atoms with van der Waals surface area (Å²) < 4.78 is 1.86. The first-order chi connectivity index (χ1) is 9.97. The van der Waals surface area contributed by atoms with E-state index in [1.54, 1.807) is 25.2 Å². The van der Waals surface area contributed by atoms with Gasteiger partial charge in [0.05, 0.1) is 18.2 Å². The molecule has 0 saturated heterocycles. The van der Waals surface area contributed by atoms with Crippen molar-refractivity contribution in [3.8, 4) is 0 Å². The maximum Gasteiger partial charge on any atom is 0.226 e. The lowest BCUT2D eigenvalue weighted by Gasteiger charge is -2.16. The van der Waals surface area contributed by atoms with Crippen molar-refractivity contribution in [1.29, 1.82) is 0 Å². The zero-order valence-electron chi connectivity index (χ0n) is 13.0. The number of hydrogen-bond donors (Lipinski definition) is 1. The summed E-state index contributed by atoms with van der Waals surface area (Å²) >= 11 is 0. The van der Waals surface area contributed by atoms with Gasteiger partial charge in [0.25, 0.3) is 0 Å². The van der Waals surface area contributed by atoms with Crippen molar-refractivity contribution in [3.05, 3.63) is 47.8 Å². The van der Waals surface area contributed by atoms with Crippen LogP contribution in [0.5, 0.6) is 0 Å². The van der Waals surface area contributed by atoms with Crippen molar-refractivity contribution >= 4 is 11.6 Å². The molecule has 1 aromatic carbocycles. The summed E-state index contributed by atoms with van der Waals surface area (Å²) in [6.45, 7) is 2.10. The Morgan fingerprint density at radius 1 is 1.29 bits per heavy atom. The number of rotatable bonds is 5. The monoisotopic (exact) mass is 286 g/mol. The predicted octanol–water partition coefficient (Wildman–Crippen LogP) is 2.22. The highest BCUT2D eigenvalue weighted by Gasteiger charge is 2.09. The smallest absolute Gasteiger partial charge is 0.226 e. The second-order valence-electron chi connectivity index (χ2n) is 5.41. The van der Waals surface area contributed by atoms with Crippen molar-refractivity contribution < 1.29 is 4.79 Å². The molecule has 112 valence electrons. The van der Waals surface area contributed by atoms with Crippen LogP contribution in [0.3, 0.4) is 0 Å². The zero-order chi connectivity index (χ0) is 15.4. The third-order valence-electron chi connectivity index (χ3n) is 3.49. The van der Waals surface area contributed by atoms with E-state index in [9.17, 15) is 4.79 Å². The maximum absolute atomic E-state index is 11.7. The van der Waals surface area contributed by atoms with E-state index in [4.69, 9.17) is 0 Å². The van der Waals surface area contributed by atoms with Gasteiger partial charge in [0, 0.05) is 33.0 Å². The Morgan fingerprint density at radius 3 is 2.48 bits per heavy atom. The van der Waals surface area contributed by atoms with E-state index in [0.29, 0.717) is 6.42 Å². The highest BCUT2D eigenvalue weighted by Crippen LogP contribution is 2.19. The number of anilines is 1. The summed E-state index contributed by atoms with van der Waals surface area (Å²) in [6.07, 6.45) is 2.23. The molecule has 1 heterocycles. The van der Waals surface area contributed by atoms with Gasteiger partial charge in [-0.25, -0.2) is 0 Å². The third-order valence-corrected chi connectivity index (χ3v) is 3.49. The average Bonchev–Trinajstić information content (AvgIpc) is 2.87. The minimum atomic E-state index is 0.110. The molecule has 1 N–H and O–H groups in total. The van der Waals surface area contributed by atoms with Crippen LogP contribution in [0.15, 0.2) is 36.5 Å². The van der Waals surface area contributed by atoms with Gasteiger partial charge in [-0.15, -0.1) is 0 Å². The van der Waals surface area contributed by atoms with E-state index < -0.39 is 0 Å². The topological polar surface area (TPSA) is 50.2 Å². The molecule has 0 aliphatic rings. The predicted molar refractivity (Wildman–Crippen MR) is 84.1 cm³/mol. The highest BCUT2D eigenvalue weighted by molar-refractivity contribution is 5.78. The molecule has 0 aliphatic heterocycles. The summed E-state index contributed by atoms with van der Waals surface area (Å²) in [5.74, 6) is 0.110. The summed E-state index contributed by atoms with van der Waals surface area (Å²) in [5.41, 5.74) is 3.18. The van der Waals surface area contributed by atoms with Crippen LogP contribution in [0, 0.1) is 0 Å². The van der Waals surface area contributed by atoms with Crippen molar-refractivity contribution in [1.82, 2.24) is 14.7 Å². The molecule has 0 spiro atoms. The SMILES string of the molecule is CC(Nc1ccc(CC(=O)N(C)C)cc1)c1ccnn1C. The van der Waals surface area contributed by atoms with Gasteiger partial charge < -0.3 is 10.2 Å². The molecule has 5 nitrogen and oxygen atoms in total. The number of carbonyl (C=O) groups excluding carboxylic acids is 1. The molecule has 0 aliphatic carbocycles. The molecule has 1 aromatic heterocycles. The van der Waals surface area contributed by atoms with Gasteiger partial charge in [-0.2, -0.15) is 5.10 Å². The second-order valence-corrected chi connectivity index (χ2v) is 5.41. The first kappa shape index (κ1) is 15.1. The van der Waals surface area contributed by atoms with Crippen LogP contribution < -0.4 is 5.32 Å². The van der Waals surface area contributed by atoms with Gasteiger partial charge in [0.1, 0.15) is 0 Å². The molecule has 21 heavy (non-hydrogen) atoms. The van der Waals surface area contributed by atoms with Gasteiger partial charge in [-0.05, 0) is 30.7 Å². The van der Waals surface area contributed by atoms with E-state index in [0.717, 1.165) is 16.9 Å². The Bertz CT molecular complexity index is 601. The molecular formula is C16H22N4O. The summed E-state index contributed by atoms with van der Waals surface area (Å²) in [5, 5.41) is 7.61. The van der Waals surface area contributed by atoms with Gasteiger partial charge in [-0.3, -0.25) is 9.48 Å². The molecular weight excluding hydrogens is 264 g/mol. The minimum absolute atomic E-state index is 0.110. The molecule has 1 atom stereocenters. The van der Waals surface area contributed by atoms with E-state index in [-0.39, 0.29) is 11.9 Å². The summed E-state index contributed by atoms with van der Waals surface area (Å²) in [6, 6.07) is 10.2. The van der Waals surface area contributed by atoms with Crippen molar-refractivity contribution in [2.75, 3.05) is 19.4 Å². The number of benzene rings is 1. The number of nitrogens with one attached hydrogen (secondary N) is 1. The maximum atomic E-state index is 11.7. The molecule has 0 fully saturated rings. The fourth-order valence-corrected chi connectivity index (χ4v) is 2.18. The van der Waals surface area contributed by atoms with Crippen LogP contribution in [0.2, 0.25) is 0 Å². The number of aromatic nitrogens is 2. The fourth-order valence-electron chi connectivity index (χ4n) is 2.18. The molecule has 5 heteroatoms. The van der Waals surface area contributed by atoms with Crippen LogP contribution in [-0.4, -0.2) is 34.7 Å². The van der Waals surface area contributed by atoms with Crippen LogP contribution in [-0.2, 0) is 18.3 Å². The first-order valence-electron chi connectivity index (χ1n) is 7.01. The van der Waals surface area contributed by atoms with Crippen LogP contribution >= 0.6 is 0 Å². The van der Waals surface area contributed by atoms with Crippen molar-refractivity contribution in [2.24, 2.45) is 7.05 Å². The molecule has 2 rings (SSSR count). The Morgan fingerprint density at radius 2 is 1.95 bits per heavy atom. The average molecular weight is 286 g/mol. The normalized spacial score (nSPS) is 12.0. The Labute approximate surface area is 125 Å². The lowest BCUT2D eigenvalue weighted by molar-refractivity contribution is -0.127. The van der Waals surface area contributed by atoms with E-state index >= 15 is 0 Å². The molecule has 0 saturated carbocycles. The lowest BCUT2D eigenvalue weighted by atomic mass is 10.1. The minimum Gasteiger partial charge on any atom is -0.377 e. The van der Waals surface area contributed by atoms with Crippen molar-refractivity contribution in [2.45, 2.75) is 19.4 Å². The quantitative estimate of drug-likeness (QED) is 0.917. The highest BCUT2D eigenvalue weighted by atomic mass is 16.2. The fraction of sp³-hybridized carbons (Fsp3) is 0.375. The first-order valence-corrected chi connectivity index (χ1v) is 7.01. The van der Waals surface area contributed by atoms with Gasteiger partial charge in [-0.1, -0.05) is 12.1 Å². The Balaban J connectivity index is 1.99. The third kappa shape index (κ3) is 3.84. The number of amides is 1. The lowest BCUT2D eigenvalue weighted by Crippen LogP contribution is -2.23. The second kappa shape index (κ2) is 6.43. The van der Waals surface area contributed by atoms with Crippen LogP contribution in [0.4, 0.5) is 5.69 Å². The van der Waals surface area contributed by atoms with Crippen LogP contribution in [0.25, 0.3) is 0 Å². The number of aryl methyl sites for hydroxylation is 1. The van der Waals surface area contributed by atoms with E-state index in [1.807, 2.05) is 42.1 Å².